The van der Waals surface area contributed by atoms with Crippen LogP contribution in [-0.2, 0) is 6.54 Å². The molecule has 2 aromatic heterocycles. The van der Waals surface area contributed by atoms with E-state index in [-0.39, 0.29) is 0 Å². The Kier molecular flexibility index (Phi) is 2.38. The van der Waals surface area contributed by atoms with Crippen molar-refractivity contribution in [2.24, 2.45) is 0 Å². The number of nitrogens with one attached hydrogen (secondary N) is 1. The number of nitrogens with zero attached hydrogens (tertiary/aromatic N) is 5. The number of H-pyrrole nitrogens is 1. The third kappa shape index (κ3) is 2.05. The lowest BCUT2D eigenvalue weighted by Gasteiger charge is -2.03. The molecule has 0 radical (unpaired) electrons. The van der Waals surface area contributed by atoms with Crippen LogP contribution in [-0.4, -0.2) is 30.4 Å². The molecule has 0 bridgehead atoms. The summed E-state index contributed by atoms with van der Waals surface area (Å²) in [7, 11) is 0. The van der Waals surface area contributed by atoms with Gasteiger partial charge in [-0.3, -0.25) is 4.68 Å². The van der Waals surface area contributed by atoms with E-state index in [0.29, 0.717) is 5.82 Å². The first kappa shape index (κ1) is 9.71. The minimum atomic E-state index is 0.604. The zero-order valence-electron chi connectivity index (χ0n) is 8.98. The fourth-order valence-corrected chi connectivity index (χ4v) is 1.67. The highest BCUT2D eigenvalue weighted by Crippen LogP contribution is 2.15. The van der Waals surface area contributed by atoms with Crippen LogP contribution in [0.5, 0.6) is 0 Å². The Morgan fingerprint density at radius 3 is 3.00 bits per heavy atom. The van der Waals surface area contributed by atoms with Gasteiger partial charge in [-0.05, 0) is 22.9 Å². The van der Waals surface area contributed by atoms with Crippen LogP contribution in [0.25, 0.3) is 11.4 Å². The quantitative estimate of drug-likeness (QED) is 0.726. The Morgan fingerprint density at radius 2 is 2.24 bits per heavy atom. The van der Waals surface area contributed by atoms with Gasteiger partial charge in [-0.15, -0.1) is 10.2 Å². The topological polar surface area (TPSA) is 72.3 Å². The number of hydrogen-bond donors (Lipinski definition) is 1. The van der Waals surface area contributed by atoms with E-state index in [0.717, 1.165) is 17.7 Å². The van der Waals surface area contributed by atoms with E-state index in [1.54, 1.807) is 6.20 Å². The van der Waals surface area contributed by atoms with Crippen LogP contribution < -0.4 is 0 Å². The highest BCUT2D eigenvalue weighted by Gasteiger charge is 2.03. The van der Waals surface area contributed by atoms with Gasteiger partial charge < -0.3 is 0 Å². The number of hydrogen-bond acceptors (Lipinski definition) is 4. The van der Waals surface area contributed by atoms with Gasteiger partial charge in [0.25, 0.3) is 0 Å². The van der Waals surface area contributed by atoms with Gasteiger partial charge in [0.2, 0.25) is 5.82 Å². The standard InChI is InChI=1S/C11H10N6/c1-3-9(8-17-6-2-5-12-17)7-10(4-1)11-13-15-16-14-11/h1-7H,8H2,(H,13,14,15,16). The van der Waals surface area contributed by atoms with E-state index in [9.17, 15) is 0 Å². The molecule has 0 amide bonds. The first-order chi connectivity index (χ1) is 8.42. The molecule has 0 fully saturated rings. The third-order valence-corrected chi connectivity index (χ3v) is 2.43. The van der Waals surface area contributed by atoms with E-state index in [1.807, 2.05) is 41.2 Å². The Morgan fingerprint density at radius 1 is 1.24 bits per heavy atom. The highest BCUT2D eigenvalue weighted by atomic mass is 15.5. The van der Waals surface area contributed by atoms with Crippen molar-refractivity contribution in [3.63, 3.8) is 0 Å². The molecule has 0 unspecified atom stereocenters. The van der Waals surface area contributed by atoms with Crippen molar-refractivity contribution in [3.8, 4) is 11.4 Å². The van der Waals surface area contributed by atoms with Crippen molar-refractivity contribution in [1.82, 2.24) is 30.4 Å². The first-order valence-corrected chi connectivity index (χ1v) is 5.22. The predicted molar refractivity (Wildman–Crippen MR) is 60.9 cm³/mol. The minimum absolute atomic E-state index is 0.604. The van der Waals surface area contributed by atoms with Crippen LogP contribution in [0.4, 0.5) is 0 Å². The number of rotatable bonds is 3. The molecule has 84 valence electrons. The van der Waals surface area contributed by atoms with Gasteiger partial charge in [-0.2, -0.15) is 10.3 Å². The summed E-state index contributed by atoms with van der Waals surface area (Å²) in [6.45, 7) is 0.735. The molecule has 1 aromatic carbocycles. The van der Waals surface area contributed by atoms with Crippen LogP contribution in [0.3, 0.4) is 0 Å². The van der Waals surface area contributed by atoms with E-state index in [1.165, 1.54) is 0 Å². The van der Waals surface area contributed by atoms with E-state index >= 15 is 0 Å². The van der Waals surface area contributed by atoms with Crippen LogP contribution >= 0.6 is 0 Å². The molecule has 0 saturated carbocycles. The molecule has 0 aliphatic heterocycles. The maximum atomic E-state index is 4.17. The number of benzene rings is 1. The lowest BCUT2D eigenvalue weighted by molar-refractivity contribution is 0.687. The molecule has 3 aromatic rings. The largest absolute Gasteiger partial charge is 0.268 e. The summed E-state index contributed by atoms with van der Waals surface area (Å²) in [6.07, 6.45) is 3.70. The molecule has 0 saturated heterocycles. The Bertz CT molecular complexity index is 584. The monoisotopic (exact) mass is 226 g/mol. The van der Waals surface area contributed by atoms with Gasteiger partial charge in [0.1, 0.15) is 0 Å². The second kappa shape index (κ2) is 4.17. The molecule has 1 N–H and O–H groups in total. The van der Waals surface area contributed by atoms with Crippen LogP contribution in [0.1, 0.15) is 5.56 Å². The predicted octanol–water partition coefficient (Wildman–Crippen LogP) is 1.11. The van der Waals surface area contributed by atoms with E-state index in [4.69, 9.17) is 0 Å². The highest BCUT2D eigenvalue weighted by molar-refractivity contribution is 5.54. The molecule has 3 rings (SSSR count). The van der Waals surface area contributed by atoms with Gasteiger partial charge in [0, 0.05) is 18.0 Å². The Hall–Kier alpha value is -2.50. The lowest BCUT2D eigenvalue weighted by atomic mass is 10.1. The molecule has 0 aliphatic carbocycles. The maximum absolute atomic E-state index is 4.17. The molecule has 6 heteroatoms. The van der Waals surface area contributed by atoms with Crippen molar-refractivity contribution in [2.45, 2.75) is 6.54 Å². The summed E-state index contributed by atoms with van der Waals surface area (Å²) in [5, 5.41) is 18.1. The Labute approximate surface area is 97.3 Å². The normalized spacial score (nSPS) is 10.6. The molecule has 17 heavy (non-hydrogen) atoms. The van der Waals surface area contributed by atoms with E-state index < -0.39 is 0 Å². The van der Waals surface area contributed by atoms with E-state index in [2.05, 4.69) is 25.7 Å². The van der Waals surface area contributed by atoms with Crippen molar-refractivity contribution < 1.29 is 0 Å². The fourth-order valence-electron chi connectivity index (χ4n) is 1.67. The number of tetrazole rings is 1. The fraction of sp³-hybridized carbons (Fsp3) is 0.0909. The zero-order valence-corrected chi connectivity index (χ0v) is 8.98. The van der Waals surface area contributed by atoms with Crippen molar-refractivity contribution in [3.05, 3.63) is 48.3 Å². The summed E-state index contributed by atoms with van der Waals surface area (Å²) in [6, 6.07) is 9.92. The maximum Gasteiger partial charge on any atom is 0.204 e. The summed E-state index contributed by atoms with van der Waals surface area (Å²) >= 11 is 0. The second-order valence-electron chi connectivity index (χ2n) is 3.64. The van der Waals surface area contributed by atoms with Crippen molar-refractivity contribution in [1.29, 1.82) is 0 Å². The summed E-state index contributed by atoms with van der Waals surface area (Å²) in [5.41, 5.74) is 2.10. The molecular weight excluding hydrogens is 216 g/mol. The average Bonchev–Trinajstić information content (AvgIpc) is 3.01. The van der Waals surface area contributed by atoms with Gasteiger partial charge in [0.05, 0.1) is 6.54 Å². The smallest absolute Gasteiger partial charge is 0.204 e. The molecule has 2 heterocycles. The third-order valence-electron chi connectivity index (χ3n) is 2.43. The molecular formula is C11H10N6. The molecule has 0 aliphatic rings. The molecule has 0 atom stereocenters. The van der Waals surface area contributed by atoms with Crippen LogP contribution in [0.15, 0.2) is 42.7 Å². The van der Waals surface area contributed by atoms with Gasteiger partial charge >= 0.3 is 0 Å². The summed E-state index contributed by atoms with van der Waals surface area (Å²) < 4.78 is 1.87. The number of aromatic amines is 1. The van der Waals surface area contributed by atoms with Crippen LogP contribution in [0.2, 0.25) is 0 Å². The lowest BCUT2D eigenvalue weighted by Crippen LogP contribution is -1.99. The van der Waals surface area contributed by atoms with Gasteiger partial charge in [-0.25, -0.2) is 0 Å². The first-order valence-electron chi connectivity index (χ1n) is 5.22. The minimum Gasteiger partial charge on any atom is -0.268 e. The molecule has 0 spiro atoms. The zero-order chi connectivity index (χ0) is 11.5. The number of aromatic nitrogens is 6. The second-order valence-corrected chi connectivity index (χ2v) is 3.64. The summed E-state index contributed by atoms with van der Waals surface area (Å²) in [5.74, 6) is 0.604. The van der Waals surface area contributed by atoms with Gasteiger partial charge in [-0.1, -0.05) is 18.2 Å². The Balaban J connectivity index is 1.89. The van der Waals surface area contributed by atoms with Gasteiger partial charge in [0.15, 0.2) is 0 Å². The SMILES string of the molecule is c1cc(Cn2cccn2)cc(-c2nn[nH]n2)c1. The van der Waals surface area contributed by atoms with Crippen molar-refractivity contribution >= 4 is 0 Å². The summed E-state index contributed by atoms with van der Waals surface area (Å²) in [4.78, 5) is 0. The van der Waals surface area contributed by atoms with Crippen LogP contribution in [0, 0.1) is 0 Å². The van der Waals surface area contributed by atoms with Crippen molar-refractivity contribution in [2.75, 3.05) is 0 Å². The average molecular weight is 226 g/mol. The molecule has 6 nitrogen and oxygen atoms in total.